The van der Waals surface area contributed by atoms with Crippen molar-refractivity contribution < 1.29 is 13.3 Å². The Hall–Kier alpha value is -2.45. The maximum absolute atomic E-state index is 12.5. The molecule has 0 bridgehead atoms. The van der Waals surface area contributed by atoms with Crippen molar-refractivity contribution in [2.24, 2.45) is 0 Å². The van der Waals surface area contributed by atoms with Crippen molar-refractivity contribution in [1.29, 1.82) is 0 Å². The van der Waals surface area contributed by atoms with Crippen LogP contribution in [-0.2, 0) is 16.4 Å². The molecule has 0 aliphatic carbocycles. The van der Waals surface area contributed by atoms with Gasteiger partial charge in [-0.25, -0.2) is 12.7 Å². The molecule has 2 aromatic carbocycles. The Morgan fingerprint density at radius 1 is 1.12 bits per heavy atom. The molecule has 0 saturated carbocycles. The molecule has 8 heteroatoms. The van der Waals surface area contributed by atoms with Crippen LogP contribution in [0.4, 0.5) is 11.4 Å². The van der Waals surface area contributed by atoms with Gasteiger partial charge in [0.2, 0.25) is 10.0 Å². The predicted molar refractivity (Wildman–Crippen MR) is 94.2 cm³/mol. The highest BCUT2D eigenvalue weighted by molar-refractivity contribution is 7.89. The van der Waals surface area contributed by atoms with Crippen LogP contribution in [0.5, 0.6) is 0 Å². The van der Waals surface area contributed by atoms with Crippen molar-refractivity contribution in [3.05, 3.63) is 64.2 Å². The third-order valence-electron chi connectivity index (χ3n) is 3.45. The van der Waals surface area contributed by atoms with Crippen molar-refractivity contribution in [2.45, 2.75) is 18.7 Å². The summed E-state index contributed by atoms with van der Waals surface area (Å²) in [6.07, 6.45) is 0.483. The molecule has 0 spiro atoms. The zero-order valence-corrected chi connectivity index (χ0v) is 13.4. The fourth-order valence-corrected chi connectivity index (χ4v) is 3.41. The van der Waals surface area contributed by atoms with E-state index in [-0.39, 0.29) is 18.9 Å². The van der Waals surface area contributed by atoms with Crippen LogP contribution in [0.3, 0.4) is 0 Å². The first kappa shape index (κ1) is 19.6. The largest absolute Gasteiger partial charge is 0.399 e. The van der Waals surface area contributed by atoms with E-state index in [1.807, 2.05) is 12.1 Å². The number of rotatable bonds is 6. The number of anilines is 1. The molecular weight excluding hydrogens is 330 g/mol. The zero-order valence-electron chi connectivity index (χ0n) is 12.5. The highest BCUT2D eigenvalue weighted by Crippen LogP contribution is 2.25. The summed E-state index contributed by atoms with van der Waals surface area (Å²) in [5.41, 5.74) is 6.75. The number of sulfonamides is 1. The molecule has 0 atom stereocenters. The Kier molecular flexibility index (Phi) is 6.44. The van der Waals surface area contributed by atoms with E-state index in [9.17, 15) is 18.5 Å². The van der Waals surface area contributed by atoms with E-state index in [1.165, 1.54) is 31.3 Å². The van der Waals surface area contributed by atoms with Crippen molar-refractivity contribution in [3.8, 4) is 0 Å². The molecule has 0 aliphatic rings. The van der Waals surface area contributed by atoms with Gasteiger partial charge in [0.15, 0.2) is 4.90 Å². The second-order valence-electron chi connectivity index (χ2n) is 5.04. The average molecular weight is 351 g/mol. The van der Waals surface area contributed by atoms with Crippen LogP contribution in [0.2, 0.25) is 0 Å². The van der Waals surface area contributed by atoms with E-state index in [2.05, 4.69) is 0 Å². The predicted octanol–water partition coefficient (Wildman–Crippen LogP) is 2.68. The fourth-order valence-electron chi connectivity index (χ4n) is 2.09. The molecule has 0 aromatic heterocycles. The maximum Gasteiger partial charge on any atom is 0.289 e. The Morgan fingerprint density at radius 3 is 2.29 bits per heavy atom. The number of nitro benzene ring substituents is 1. The van der Waals surface area contributed by atoms with Crippen LogP contribution in [-0.4, -0.2) is 31.2 Å². The summed E-state index contributed by atoms with van der Waals surface area (Å²) >= 11 is 0. The fraction of sp³-hybridized carbons (Fsp3) is 0.250. The molecule has 2 N–H and O–H groups in total. The number of hydrogen-bond donors (Lipinski definition) is 1. The van der Waals surface area contributed by atoms with Gasteiger partial charge in [0.1, 0.15) is 0 Å². The number of nitrogens with two attached hydrogens (primary N) is 1. The summed E-state index contributed by atoms with van der Waals surface area (Å²) in [4.78, 5) is 10.0. The van der Waals surface area contributed by atoms with Crippen LogP contribution in [0.1, 0.15) is 13.0 Å². The van der Waals surface area contributed by atoms with Crippen molar-refractivity contribution >= 4 is 21.4 Å². The second kappa shape index (κ2) is 7.89. The molecule has 0 radical (unpaired) electrons. The number of hydrogen-bond acceptors (Lipinski definition) is 5. The minimum Gasteiger partial charge on any atom is -0.399 e. The molecule has 0 heterocycles. The topological polar surface area (TPSA) is 107 Å². The van der Waals surface area contributed by atoms with Crippen LogP contribution in [0, 0.1) is 10.1 Å². The number of nitro groups is 1. The molecule has 2 rings (SSSR count). The number of benzene rings is 2. The lowest BCUT2D eigenvalue weighted by Crippen LogP contribution is -2.29. The number of likely N-dealkylation sites (N-methyl/N-ethyl adjacent to an activating group) is 1. The molecule has 0 fully saturated rings. The molecule has 0 aliphatic heterocycles. The van der Waals surface area contributed by atoms with Crippen LogP contribution in [0.15, 0.2) is 53.4 Å². The minimum atomic E-state index is -3.93. The van der Waals surface area contributed by atoms with Gasteiger partial charge < -0.3 is 5.73 Å². The van der Waals surface area contributed by atoms with Crippen molar-refractivity contribution in [3.63, 3.8) is 0 Å². The monoisotopic (exact) mass is 351 g/mol. The zero-order chi connectivity index (χ0) is 17.0. The van der Waals surface area contributed by atoms with Crippen molar-refractivity contribution in [2.75, 3.05) is 19.3 Å². The van der Waals surface area contributed by atoms with Gasteiger partial charge >= 0.3 is 0 Å². The number of nitrogens with zero attached hydrogens (tertiary/aromatic N) is 2. The van der Waals surface area contributed by atoms with Crippen LogP contribution < -0.4 is 5.73 Å². The van der Waals surface area contributed by atoms with Gasteiger partial charge in [-0.05, 0) is 30.2 Å². The van der Waals surface area contributed by atoms with E-state index in [0.717, 1.165) is 9.87 Å². The van der Waals surface area contributed by atoms with Gasteiger partial charge in [0.25, 0.3) is 5.69 Å². The Morgan fingerprint density at radius 2 is 1.71 bits per heavy atom. The van der Waals surface area contributed by atoms with Crippen molar-refractivity contribution in [1.82, 2.24) is 4.31 Å². The summed E-state index contributed by atoms with van der Waals surface area (Å²) in [7, 11) is -2.52. The Labute approximate surface area is 141 Å². The molecule has 0 saturated heterocycles. The lowest BCUT2D eigenvalue weighted by Gasteiger charge is -2.17. The quantitative estimate of drug-likeness (QED) is 0.489. The van der Waals surface area contributed by atoms with E-state index in [4.69, 9.17) is 5.73 Å². The first-order valence-corrected chi connectivity index (χ1v) is 8.30. The van der Waals surface area contributed by atoms with Gasteiger partial charge in [-0.2, -0.15) is 0 Å². The molecule has 24 heavy (non-hydrogen) atoms. The summed E-state index contributed by atoms with van der Waals surface area (Å²) in [5, 5.41) is 11.0. The van der Waals surface area contributed by atoms with Crippen LogP contribution >= 0.6 is 0 Å². The first-order valence-electron chi connectivity index (χ1n) is 6.86. The van der Waals surface area contributed by atoms with E-state index >= 15 is 0 Å². The number of nitrogen functional groups attached to an aromatic ring is 1. The Balaban J connectivity index is 0.00000288. The average Bonchev–Trinajstić information content (AvgIpc) is 2.54. The van der Waals surface area contributed by atoms with Gasteiger partial charge in [-0.3, -0.25) is 10.1 Å². The maximum atomic E-state index is 12.5. The normalized spacial score (nSPS) is 11.1. The van der Waals surface area contributed by atoms with Crippen LogP contribution in [0.25, 0.3) is 0 Å². The van der Waals surface area contributed by atoms with Gasteiger partial charge in [0, 0.05) is 25.3 Å². The lowest BCUT2D eigenvalue weighted by atomic mass is 10.1. The van der Waals surface area contributed by atoms with E-state index in [0.29, 0.717) is 12.1 Å². The summed E-state index contributed by atoms with van der Waals surface area (Å²) in [5.74, 6) is 0. The molecule has 0 unspecified atom stereocenters. The third kappa shape index (κ3) is 4.30. The smallest absolute Gasteiger partial charge is 0.289 e. The molecule has 7 nitrogen and oxygen atoms in total. The summed E-state index contributed by atoms with van der Waals surface area (Å²) in [6, 6.07) is 12.5. The molecule has 130 valence electrons. The van der Waals surface area contributed by atoms with E-state index < -0.39 is 20.6 Å². The molecular formula is C16H21N3O4S. The number of para-hydroxylation sites is 1. The Bertz CT molecular complexity index is 804. The van der Waals surface area contributed by atoms with Gasteiger partial charge in [-0.1, -0.05) is 31.7 Å². The SMILES string of the molecule is C.CN(CCc1ccc(N)cc1)S(=O)(=O)c1ccccc1[N+](=O)[O-]. The highest BCUT2D eigenvalue weighted by atomic mass is 32.2. The summed E-state index contributed by atoms with van der Waals surface area (Å²) < 4.78 is 26.2. The van der Waals surface area contributed by atoms with E-state index in [1.54, 1.807) is 12.1 Å². The molecule has 0 amide bonds. The highest BCUT2D eigenvalue weighted by Gasteiger charge is 2.28. The third-order valence-corrected chi connectivity index (χ3v) is 5.35. The van der Waals surface area contributed by atoms with Gasteiger partial charge in [-0.15, -0.1) is 0 Å². The standard InChI is InChI=1S/C15H17N3O4S.CH4/c1-17(11-10-12-6-8-13(16)9-7-12)23(21,22)15-5-3-2-4-14(15)18(19)20;/h2-9H,10-11,16H2,1H3;1H4. The first-order chi connectivity index (χ1) is 10.8. The molecule has 2 aromatic rings. The van der Waals surface area contributed by atoms with Gasteiger partial charge in [0.05, 0.1) is 4.92 Å². The second-order valence-corrected chi connectivity index (χ2v) is 7.06. The minimum absolute atomic E-state index is 0. The lowest BCUT2D eigenvalue weighted by molar-refractivity contribution is -0.387. The summed E-state index contributed by atoms with van der Waals surface area (Å²) in [6.45, 7) is 0.207.